The van der Waals surface area contributed by atoms with Gasteiger partial charge in [0.15, 0.2) is 0 Å². The number of carboxylic acid groups (broad SMARTS) is 1. The first kappa shape index (κ1) is 16.3. The van der Waals surface area contributed by atoms with E-state index in [0.717, 1.165) is 19.3 Å². The van der Waals surface area contributed by atoms with Gasteiger partial charge in [-0.1, -0.05) is 19.3 Å². The van der Waals surface area contributed by atoms with Gasteiger partial charge >= 0.3 is 12.0 Å². The second-order valence-corrected chi connectivity index (χ2v) is 5.75. The van der Waals surface area contributed by atoms with E-state index in [1.807, 2.05) is 0 Å². The first-order valence-electron chi connectivity index (χ1n) is 7.03. The Balaban J connectivity index is 2.67. The number of aliphatic carboxylic acids is 1. The summed E-state index contributed by atoms with van der Waals surface area (Å²) in [5, 5.41) is 20.7. The van der Waals surface area contributed by atoms with Gasteiger partial charge in [-0.3, -0.25) is 4.79 Å². The molecular formula is C14H23N3O3. The van der Waals surface area contributed by atoms with E-state index in [9.17, 15) is 9.59 Å². The fourth-order valence-corrected chi connectivity index (χ4v) is 2.72. The molecule has 0 radical (unpaired) electrons. The second-order valence-electron chi connectivity index (χ2n) is 5.75. The molecule has 0 heterocycles. The molecule has 2 amide bonds. The Morgan fingerprint density at radius 3 is 2.50 bits per heavy atom. The molecule has 0 aromatic carbocycles. The van der Waals surface area contributed by atoms with E-state index >= 15 is 0 Å². The highest BCUT2D eigenvalue weighted by Gasteiger charge is 2.36. The van der Waals surface area contributed by atoms with Crippen molar-refractivity contribution in [2.24, 2.45) is 5.92 Å². The third-order valence-electron chi connectivity index (χ3n) is 3.79. The monoisotopic (exact) mass is 281 g/mol. The largest absolute Gasteiger partial charge is 0.481 e. The minimum absolute atomic E-state index is 0.0413. The van der Waals surface area contributed by atoms with Crippen LogP contribution in [-0.2, 0) is 4.79 Å². The van der Waals surface area contributed by atoms with Crippen molar-refractivity contribution in [3.05, 3.63) is 0 Å². The van der Waals surface area contributed by atoms with Crippen LogP contribution >= 0.6 is 0 Å². The highest BCUT2D eigenvalue weighted by molar-refractivity contribution is 5.76. The summed E-state index contributed by atoms with van der Waals surface area (Å²) in [7, 11) is 1.63. The predicted molar refractivity (Wildman–Crippen MR) is 74.0 cm³/mol. The van der Waals surface area contributed by atoms with Crippen LogP contribution in [0, 0.1) is 17.2 Å². The van der Waals surface area contributed by atoms with E-state index in [2.05, 4.69) is 11.4 Å². The zero-order valence-corrected chi connectivity index (χ0v) is 12.2. The number of urea groups is 1. The molecule has 1 atom stereocenters. The number of hydrogen-bond donors (Lipinski definition) is 2. The summed E-state index contributed by atoms with van der Waals surface area (Å²) in [6.07, 6.45) is 4.32. The molecule has 0 spiro atoms. The van der Waals surface area contributed by atoms with Crippen molar-refractivity contribution in [3.63, 3.8) is 0 Å². The maximum absolute atomic E-state index is 12.2. The second kappa shape index (κ2) is 7.13. The molecule has 2 N–H and O–H groups in total. The van der Waals surface area contributed by atoms with Crippen LogP contribution in [0.1, 0.15) is 45.4 Å². The predicted octanol–water partition coefficient (Wildman–Crippen LogP) is 1.97. The Labute approximate surface area is 119 Å². The molecule has 1 rings (SSSR count). The Hall–Kier alpha value is -1.77. The summed E-state index contributed by atoms with van der Waals surface area (Å²) in [4.78, 5) is 24.7. The van der Waals surface area contributed by atoms with Crippen molar-refractivity contribution in [1.29, 1.82) is 5.26 Å². The van der Waals surface area contributed by atoms with Crippen LogP contribution in [0.5, 0.6) is 0 Å². The number of hydrogen-bond acceptors (Lipinski definition) is 3. The fourth-order valence-electron chi connectivity index (χ4n) is 2.72. The molecule has 6 heteroatoms. The molecule has 0 aromatic rings. The number of nitrogens with one attached hydrogen (secondary N) is 1. The standard InChI is InChI=1S/C14H23N3O3/c1-11(9-15)10-17(2)13(20)16-14(8-12(18)19)6-4-3-5-7-14/h11H,3-8,10H2,1-2H3,(H,16,20)(H,18,19). The summed E-state index contributed by atoms with van der Waals surface area (Å²) in [6.45, 7) is 2.09. The molecule has 1 aliphatic rings. The van der Waals surface area contributed by atoms with E-state index in [1.165, 1.54) is 4.90 Å². The Kier molecular flexibility index (Phi) is 5.81. The lowest BCUT2D eigenvalue weighted by Gasteiger charge is -2.38. The number of nitrogens with zero attached hydrogens (tertiary/aromatic N) is 2. The van der Waals surface area contributed by atoms with Crippen molar-refractivity contribution >= 4 is 12.0 Å². The molecule has 6 nitrogen and oxygen atoms in total. The SMILES string of the molecule is CC(C#N)CN(C)C(=O)NC1(CC(=O)O)CCCCC1. The summed E-state index contributed by atoms with van der Waals surface area (Å²) in [6, 6.07) is 1.78. The van der Waals surface area contributed by atoms with E-state index in [0.29, 0.717) is 19.4 Å². The molecule has 0 aromatic heterocycles. The average molecular weight is 281 g/mol. The Morgan fingerprint density at radius 1 is 1.40 bits per heavy atom. The summed E-state index contributed by atoms with van der Waals surface area (Å²) < 4.78 is 0. The number of carbonyl (C=O) groups excluding carboxylic acids is 1. The van der Waals surface area contributed by atoms with Crippen LogP contribution in [0.4, 0.5) is 4.79 Å². The van der Waals surface area contributed by atoms with Crippen LogP contribution < -0.4 is 5.32 Å². The van der Waals surface area contributed by atoms with Gasteiger partial charge in [0.05, 0.1) is 23.9 Å². The van der Waals surface area contributed by atoms with E-state index in [-0.39, 0.29) is 18.4 Å². The zero-order valence-electron chi connectivity index (χ0n) is 12.2. The van der Waals surface area contributed by atoms with Gasteiger partial charge in [-0.15, -0.1) is 0 Å². The summed E-state index contributed by atoms with van der Waals surface area (Å²) in [5.41, 5.74) is -0.634. The van der Waals surface area contributed by atoms with Crippen LogP contribution in [0.2, 0.25) is 0 Å². The normalized spacial score (nSPS) is 18.6. The van der Waals surface area contributed by atoms with Gasteiger partial charge in [0.25, 0.3) is 0 Å². The molecule has 1 aliphatic carbocycles. The first-order valence-corrected chi connectivity index (χ1v) is 7.03. The minimum atomic E-state index is -0.889. The average Bonchev–Trinajstić information content (AvgIpc) is 2.38. The van der Waals surface area contributed by atoms with Crippen LogP contribution in [-0.4, -0.2) is 41.1 Å². The van der Waals surface area contributed by atoms with Crippen molar-refractivity contribution in [1.82, 2.24) is 10.2 Å². The molecule has 1 unspecified atom stereocenters. The van der Waals surface area contributed by atoms with Gasteiger partial charge in [-0.05, 0) is 19.8 Å². The van der Waals surface area contributed by atoms with E-state index in [1.54, 1.807) is 14.0 Å². The number of rotatable bonds is 5. The van der Waals surface area contributed by atoms with Gasteiger partial charge in [-0.25, -0.2) is 4.79 Å². The fraction of sp³-hybridized carbons (Fsp3) is 0.786. The molecule has 0 aliphatic heterocycles. The maximum atomic E-state index is 12.2. The molecular weight excluding hydrogens is 258 g/mol. The minimum Gasteiger partial charge on any atom is -0.481 e. The van der Waals surface area contributed by atoms with E-state index in [4.69, 9.17) is 10.4 Å². The molecule has 0 saturated heterocycles. The number of amides is 2. The molecule has 1 fully saturated rings. The van der Waals surface area contributed by atoms with Crippen LogP contribution in [0.15, 0.2) is 0 Å². The van der Waals surface area contributed by atoms with Gasteiger partial charge in [0, 0.05) is 13.6 Å². The Morgan fingerprint density at radius 2 is 2.00 bits per heavy atom. The Bertz CT molecular complexity index is 397. The zero-order chi connectivity index (χ0) is 15.2. The number of carboxylic acids is 1. The van der Waals surface area contributed by atoms with Crippen molar-refractivity contribution < 1.29 is 14.7 Å². The lowest BCUT2D eigenvalue weighted by atomic mass is 9.79. The lowest BCUT2D eigenvalue weighted by Crippen LogP contribution is -2.54. The molecule has 20 heavy (non-hydrogen) atoms. The number of nitriles is 1. The van der Waals surface area contributed by atoms with Crippen molar-refractivity contribution in [2.45, 2.75) is 51.0 Å². The molecule has 0 bridgehead atoms. The van der Waals surface area contributed by atoms with Gasteiger partial charge < -0.3 is 15.3 Å². The summed E-state index contributed by atoms with van der Waals surface area (Å²) >= 11 is 0. The highest BCUT2D eigenvalue weighted by Crippen LogP contribution is 2.31. The van der Waals surface area contributed by atoms with Gasteiger partial charge in [0.1, 0.15) is 0 Å². The van der Waals surface area contributed by atoms with Gasteiger partial charge in [0.2, 0.25) is 0 Å². The smallest absolute Gasteiger partial charge is 0.317 e. The lowest BCUT2D eigenvalue weighted by molar-refractivity contribution is -0.139. The van der Waals surface area contributed by atoms with Crippen molar-refractivity contribution in [2.75, 3.05) is 13.6 Å². The third kappa shape index (κ3) is 4.72. The third-order valence-corrected chi connectivity index (χ3v) is 3.79. The number of carbonyl (C=O) groups is 2. The first-order chi connectivity index (χ1) is 9.38. The topological polar surface area (TPSA) is 93.4 Å². The maximum Gasteiger partial charge on any atom is 0.317 e. The summed E-state index contributed by atoms with van der Waals surface area (Å²) in [5.74, 6) is -1.13. The molecule has 112 valence electrons. The van der Waals surface area contributed by atoms with Gasteiger partial charge in [-0.2, -0.15) is 5.26 Å². The van der Waals surface area contributed by atoms with E-state index < -0.39 is 11.5 Å². The quantitative estimate of drug-likeness (QED) is 0.805. The van der Waals surface area contributed by atoms with Crippen LogP contribution in [0.25, 0.3) is 0 Å². The van der Waals surface area contributed by atoms with Crippen molar-refractivity contribution in [3.8, 4) is 6.07 Å². The van der Waals surface area contributed by atoms with Crippen LogP contribution in [0.3, 0.4) is 0 Å². The highest BCUT2D eigenvalue weighted by atomic mass is 16.4. The molecule has 1 saturated carbocycles.